The maximum Gasteiger partial charge on any atom is 0.255 e. The lowest BCUT2D eigenvalue weighted by molar-refractivity contribution is 0.0462. The number of carbonyl (C=O) groups is 1. The van der Waals surface area contributed by atoms with Gasteiger partial charge in [-0.3, -0.25) is 9.78 Å². The van der Waals surface area contributed by atoms with E-state index in [1.807, 2.05) is 31.2 Å². The van der Waals surface area contributed by atoms with Crippen molar-refractivity contribution in [2.75, 3.05) is 19.7 Å². The number of hydrogen-bond acceptors (Lipinski definition) is 4. The summed E-state index contributed by atoms with van der Waals surface area (Å²) in [5, 5.41) is 0. The van der Waals surface area contributed by atoms with Crippen molar-refractivity contribution in [3.8, 4) is 11.5 Å². The first-order chi connectivity index (χ1) is 11.7. The van der Waals surface area contributed by atoms with Gasteiger partial charge in [-0.2, -0.15) is 0 Å². The summed E-state index contributed by atoms with van der Waals surface area (Å²) in [6, 6.07) is 9.37. The largest absolute Gasteiger partial charge is 0.486 e. The zero-order chi connectivity index (χ0) is 16.9. The molecule has 5 nitrogen and oxygen atoms in total. The summed E-state index contributed by atoms with van der Waals surface area (Å²) in [6.45, 7) is 3.62. The minimum absolute atomic E-state index is 0.0480. The molecule has 126 valence electrons. The number of benzene rings is 1. The zero-order valence-corrected chi connectivity index (χ0v) is 15.0. The molecule has 1 atom stereocenters. The first kappa shape index (κ1) is 16.8. The Hall–Kier alpha value is -2.08. The van der Waals surface area contributed by atoms with Gasteiger partial charge in [0.1, 0.15) is 6.61 Å². The van der Waals surface area contributed by atoms with Crippen LogP contribution in [0.3, 0.4) is 0 Å². The zero-order valence-electron chi connectivity index (χ0n) is 13.4. The maximum atomic E-state index is 12.8. The molecule has 0 saturated heterocycles. The third-order valence-electron chi connectivity index (χ3n) is 3.72. The van der Waals surface area contributed by atoms with Gasteiger partial charge in [0, 0.05) is 23.4 Å². The second kappa shape index (κ2) is 7.66. The average molecular weight is 391 g/mol. The third-order valence-corrected chi connectivity index (χ3v) is 4.16. The molecule has 0 fully saturated rings. The molecule has 1 amide bonds. The lowest BCUT2D eigenvalue weighted by Gasteiger charge is -2.31. The summed E-state index contributed by atoms with van der Waals surface area (Å²) in [6.07, 6.45) is 3.94. The van der Waals surface area contributed by atoms with E-state index in [9.17, 15) is 4.79 Å². The van der Waals surface area contributed by atoms with Crippen molar-refractivity contribution in [3.05, 3.63) is 52.8 Å². The number of halogens is 1. The third kappa shape index (κ3) is 3.87. The normalized spacial score (nSPS) is 15.8. The van der Waals surface area contributed by atoms with Gasteiger partial charge in [0.2, 0.25) is 0 Å². The molecule has 0 aliphatic carbocycles. The monoisotopic (exact) mass is 390 g/mol. The molecule has 2 heterocycles. The van der Waals surface area contributed by atoms with Crippen LogP contribution in [0.15, 0.2) is 47.2 Å². The second-order valence-corrected chi connectivity index (χ2v) is 6.56. The number of pyridine rings is 1. The lowest BCUT2D eigenvalue weighted by atomic mass is 10.2. The lowest BCUT2D eigenvalue weighted by Crippen LogP contribution is -2.44. The fourth-order valence-corrected chi connectivity index (χ4v) is 3.02. The highest BCUT2D eigenvalue weighted by Gasteiger charge is 2.25. The molecular weight excluding hydrogens is 372 g/mol. The molecule has 1 aromatic carbocycles. The molecule has 6 heteroatoms. The molecule has 0 N–H and O–H groups in total. The van der Waals surface area contributed by atoms with Crippen molar-refractivity contribution in [2.24, 2.45) is 0 Å². The van der Waals surface area contributed by atoms with Gasteiger partial charge in [0.25, 0.3) is 5.91 Å². The minimum Gasteiger partial charge on any atom is -0.486 e. The van der Waals surface area contributed by atoms with Crippen molar-refractivity contribution >= 4 is 21.8 Å². The molecule has 0 spiro atoms. The Morgan fingerprint density at radius 3 is 2.88 bits per heavy atom. The highest BCUT2D eigenvalue weighted by molar-refractivity contribution is 9.10. The van der Waals surface area contributed by atoms with E-state index >= 15 is 0 Å². The molecule has 0 radical (unpaired) electrons. The number of hydrogen-bond donors (Lipinski definition) is 0. The minimum atomic E-state index is -0.185. The van der Waals surface area contributed by atoms with Crippen LogP contribution in [0.2, 0.25) is 0 Å². The molecule has 2 aromatic rings. The van der Waals surface area contributed by atoms with Crippen LogP contribution in [0, 0.1) is 0 Å². The number of fused-ring (bicyclic) bond motifs is 1. The number of ether oxygens (including phenoxy) is 2. The van der Waals surface area contributed by atoms with E-state index < -0.39 is 0 Å². The van der Waals surface area contributed by atoms with Gasteiger partial charge in [0.05, 0.1) is 12.1 Å². The first-order valence-corrected chi connectivity index (χ1v) is 8.75. The van der Waals surface area contributed by atoms with Crippen LogP contribution in [0.25, 0.3) is 0 Å². The molecule has 1 aliphatic rings. The van der Waals surface area contributed by atoms with E-state index in [0.717, 1.165) is 22.4 Å². The van der Waals surface area contributed by atoms with Gasteiger partial charge < -0.3 is 14.4 Å². The van der Waals surface area contributed by atoms with Gasteiger partial charge in [0.15, 0.2) is 17.6 Å². The molecular formula is C18H19BrN2O3. The Kier molecular flexibility index (Phi) is 5.35. The SMILES string of the molecule is CCCN(CC1COc2ccccc2O1)C(=O)c1cncc(Br)c1. The highest BCUT2D eigenvalue weighted by atomic mass is 79.9. The van der Waals surface area contributed by atoms with Gasteiger partial charge in [-0.25, -0.2) is 0 Å². The van der Waals surface area contributed by atoms with E-state index in [0.29, 0.717) is 25.3 Å². The number of carbonyl (C=O) groups excluding carboxylic acids is 1. The van der Waals surface area contributed by atoms with Crippen molar-refractivity contribution < 1.29 is 14.3 Å². The summed E-state index contributed by atoms with van der Waals surface area (Å²) in [5.41, 5.74) is 0.565. The van der Waals surface area contributed by atoms with Crippen molar-refractivity contribution in [1.82, 2.24) is 9.88 Å². The number of para-hydroxylation sites is 2. The predicted molar refractivity (Wildman–Crippen MR) is 94.5 cm³/mol. The second-order valence-electron chi connectivity index (χ2n) is 5.64. The standard InChI is InChI=1S/C18H19BrN2O3/c1-2-7-21(18(22)13-8-14(19)10-20-9-13)11-15-12-23-16-5-3-4-6-17(16)24-15/h3-6,8-10,15H,2,7,11-12H2,1H3. The molecule has 1 aromatic heterocycles. The van der Waals surface area contributed by atoms with E-state index in [2.05, 4.69) is 20.9 Å². The number of aromatic nitrogens is 1. The summed E-state index contributed by atoms with van der Waals surface area (Å²) in [5.74, 6) is 1.42. The number of nitrogens with zero attached hydrogens (tertiary/aromatic N) is 2. The topological polar surface area (TPSA) is 51.7 Å². The molecule has 1 unspecified atom stereocenters. The van der Waals surface area contributed by atoms with E-state index in [4.69, 9.17) is 9.47 Å². The molecule has 3 rings (SSSR count). The molecule has 24 heavy (non-hydrogen) atoms. The number of rotatable bonds is 5. The maximum absolute atomic E-state index is 12.8. The summed E-state index contributed by atoms with van der Waals surface area (Å²) < 4.78 is 12.5. The van der Waals surface area contributed by atoms with Crippen LogP contribution in [-0.2, 0) is 0 Å². The van der Waals surface area contributed by atoms with Crippen LogP contribution >= 0.6 is 15.9 Å². The van der Waals surface area contributed by atoms with Crippen LogP contribution in [0.5, 0.6) is 11.5 Å². The number of amides is 1. The predicted octanol–water partition coefficient (Wildman–Crippen LogP) is 3.54. The molecule has 0 bridgehead atoms. The Morgan fingerprint density at radius 2 is 2.12 bits per heavy atom. The summed E-state index contributed by atoms with van der Waals surface area (Å²) in [4.78, 5) is 18.6. The first-order valence-electron chi connectivity index (χ1n) is 7.95. The average Bonchev–Trinajstić information content (AvgIpc) is 2.60. The highest BCUT2D eigenvalue weighted by Crippen LogP contribution is 2.31. The van der Waals surface area contributed by atoms with Crippen LogP contribution in [0.1, 0.15) is 23.7 Å². The van der Waals surface area contributed by atoms with Gasteiger partial charge in [-0.05, 0) is 40.5 Å². The van der Waals surface area contributed by atoms with Crippen molar-refractivity contribution in [1.29, 1.82) is 0 Å². The Bertz CT molecular complexity index is 723. The van der Waals surface area contributed by atoms with E-state index in [1.54, 1.807) is 23.4 Å². The van der Waals surface area contributed by atoms with Crippen LogP contribution in [0.4, 0.5) is 0 Å². The van der Waals surface area contributed by atoms with Gasteiger partial charge >= 0.3 is 0 Å². The van der Waals surface area contributed by atoms with E-state index in [-0.39, 0.29) is 12.0 Å². The quantitative estimate of drug-likeness (QED) is 0.783. The fraction of sp³-hybridized carbons (Fsp3) is 0.333. The van der Waals surface area contributed by atoms with Crippen molar-refractivity contribution in [2.45, 2.75) is 19.4 Å². The smallest absolute Gasteiger partial charge is 0.255 e. The van der Waals surface area contributed by atoms with Gasteiger partial charge in [-0.15, -0.1) is 0 Å². The van der Waals surface area contributed by atoms with Crippen molar-refractivity contribution in [3.63, 3.8) is 0 Å². The van der Waals surface area contributed by atoms with Crippen LogP contribution < -0.4 is 9.47 Å². The summed E-state index contributed by atoms with van der Waals surface area (Å²) in [7, 11) is 0. The Morgan fingerprint density at radius 1 is 1.33 bits per heavy atom. The fourth-order valence-electron chi connectivity index (χ4n) is 2.66. The molecule has 0 saturated carbocycles. The molecule has 1 aliphatic heterocycles. The Labute approximate surface area is 149 Å². The van der Waals surface area contributed by atoms with Gasteiger partial charge in [-0.1, -0.05) is 19.1 Å². The van der Waals surface area contributed by atoms with E-state index in [1.165, 1.54) is 0 Å². The van der Waals surface area contributed by atoms with Crippen LogP contribution in [-0.4, -0.2) is 41.6 Å². The summed E-state index contributed by atoms with van der Waals surface area (Å²) >= 11 is 3.36. The Balaban J connectivity index is 1.71.